The molecule has 0 saturated carbocycles. The minimum atomic E-state index is -0.146. The second-order valence-electron chi connectivity index (χ2n) is 4.02. The molecule has 2 heteroatoms. The number of hydrogen-bond acceptors (Lipinski definition) is 2. The molecule has 0 unspecified atom stereocenters. The Balaban J connectivity index is 2.87. The highest BCUT2D eigenvalue weighted by atomic mass is 16.5. The zero-order valence-corrected chi connectivity index (χ0v) is 8.79. The van der Waals surface area contributed by atoms with Gasteiger partial charge in [-0.15, -0.1) is 0 Å². The van der Waals surface area contributed by atoms with Crippen molar-refractivity contribution in [2.24, 2.45) is 0 Å². The van der Waals surface area contributed by atoms with Crippen molar-refractivity contribution in [2.75, 3.05) is 0 Å². The van der Waals surface area contributed by atoms with Gasteiger partial charge in [0, 0.05) is 6.20 Å². The second kappa shape index (κ2) is 3.77. The largest absolute Gasteiger partial charge is 0.486 e. The lowest BCUT2D eigenvalue weighted by molar-refractivity contribution is 0.128. The molecule has 0 aliphatic rings. The van der Waals surface area contributed by atoms with Crippen molar-refractivity contribution in [1.29, 1.82) is 0 Å². The van der Waals surface area contributed by atoms with Crippen LogP contribution in [-0.4, -0.2) is 10.6 Å². The number of rotatable bonds is 2. The van der Waals surface area contributed by atoms with E-state index in [1.807, 2.05) is 32.9 Å². The van der Waals surface area contributed by atoms with Gasteiger partial charge in [0.1, 0.15) is 11.4 Å². The van der Waals surface area contributed by atoms with E-state index in [9.17, 15) is 0 Å². The Kier molecular flexibility index (Phi) is 2.91. The summed E-state index contributed by atoms with van der Waals surface area (Å²) in [6.07, 6.45) is 2.71. The van der Waals surface area contributed by atoms with Gasteiger partial charge in [-0.1, -0.05) is 6.92 Å². The van der Waals surface area contributed by atoms with Gasteiger partial charge in [0.15, 0.2) is 0 Å². The maximum absolute atomic E-state index is 5.76. The van der Waals surface area contributed by atoms with Crippen LogP contribution in [0.5, 0.6) is 5.75 Å². The number of hydrogen-bond donors (Lipinski definition) is 0. The summed E-state index contributed by atoms with van der Waals surface area (Å²) in [5.41, 5.74) is 0.880. The SMILES string of the molecule is CCc1ncccc1OC(C)(C)C. The first kappa shape index (κ1) is 10.0. The predicted octanol–water partition coefficient (Wildman–Crippen LogP) is 2.82. The van der Waals surface area contributed by atoms with Crippen molar-refractivity contribution in [1.82, 2.24) is 4.98 Å². The van der Waals surface area contributed by atoms with Crippen LogP contribution in [0.15, 0.2) is 18.3 Å². The summed E-state index contributed by atoms with van der Waals surface area (Å²) in [6, 6.07) is 3.87. The lowest BCUT2D eigenvalue weighted by Gasteiger charge is -2.22. The van der Waals surface area contributed by atoms with Gasteiger partial charge in [0.25, 0.3) is 0 Å². The topological polar surface area (TPSA) is 22.1 Å². The Labute approximate surface area is 80.0 Å². The molecule has 0 saturated heterocycles. The van der Waals surface area contributed by atoms with E-state index in [2.05, 4.69) is 11.9 Å². The summed E-state index contributed by atoms with van der Waals surface area (Å²) in [5.74, 6) is 0.900. The Bertz CT molecular complexity index is 276. The molecule has 0 atom stereocenters. The van der Waals surface area contributed by atoms with Gasteiger partial charge in [0.05, 0.1) is 5.69 Å². The Hall–Kier alpha value is -1.05. The van der Waals surface area contributed by atoms with E-state index in [1.165, 1.54) is 0 Å². The highest BCUT2D eigenvalue weighted by Crippen LogP contribution is 2.21. The molecule has 13 heavy (non-hydrogen) atoms. The molecule has 1 aromatic heterocycles. The molecule has 72 valence electrons. The fourth-order valence-corrected chi connectivity index (χ4v) is 1.11. The van der Waals surface area contributed by atoms with E-state index in [1.54, 1.807) is 6.20 Å². The van der Waals surface area contributed by atoms with Crippen LogP contribution in [0.25, 0.3) is 0 Å². The average Bonchev–Trinajstić information content (AvgIpc) is 2.02. The first-order chi connectivity index (χ1) is 6.03. The Morgan fingerprint density at radius 3 is 2.62 bits per heavy atom. The van der Waals surface area contributed by atoms with Gasteiger partial charge in [-0.3, -0.25) is 4.98 Å². The molecule has 1 rings (SSSR count). The van der Waals surface area contributed by atoms with Crippen LogP contribution < -0.4 is 4.74 Å². The monoisotopic (exact) mass is 179 g/mol. The van der Waals surface area contributed by atoms with Gasteiger partial charge in [-0.25, -0.2) is 0 Å². The third-order valence-corrected chi connectivity index (χ3v) is 1.60. The standard InChI is InChI=1S/C11H17NO/c1-5-9-10(7-6-8-12-9)13-11(2,3)4/h6-8H,5H2,1-4H3. The minimum absolute atomic E-state index is 0.146. The maximum atomic E-state index is 5.76. The lowest BCUT2D eigenvalue weighted by atomic mass is 10.2. The Morgan fingerprint density at radius 1 is 1.38 bits per heavy atom. The van der Waals surface area contributed by atoms with E-state index in [4.69, 9.17) is 4.74 Å². The zero-order chi connectivity index (χ0) is 9.90. The second-order valence-corrected chi connectivity index (χ2v) is 4.02. The van der Waals surface area contributed by atoms with Crippen LogP contribution >= 0.6 is 0 Å². The van der Waals surface area contributed by atoms with Crippen molar-refractivity contribution in [3.05, 3.63) is 24.0 Å². The molecule has 0 aromatic carbocycles. The quantitative estimate of drug-likeness (QED) is 0.696. The molecule has 2 nitrogen and oxygen atoms in total. The molecule has 1 aromatic rings. The maximum Gasteiger partial charge on any atom is 0.141 e. The molecule has 0 N–H and O–H groups in total. The third-order valence-electron chi connectivity index (χ3n) is 1.60. The van der Waals surface area contributed by atoms with Crippen LogP contribution in [0.4, 0.5) is 0 Å². The van der Waals surface area contributed by atoms with Crippen molar-refractivity contribution in [3.8, 4) is 5.75 Å². The Morgan fingerprint density at radius 2 is 2.08 bits per heavy atom. The normalized spacial score (nSPS) is 11.4. The molecular formula is C11H17NO. The summed E-state index contributed by atoms with van der Waals surface area (Å²) in [5, 5.41) is 0. The summed E-state index contributed by atoms with van der Waals surface area (Å²) >= 11 is 0. The highest BCUT2D eigenvalue weighted by Gasteiger charge is 2.13. The van der Waals surface area contributed by atoms with Gasteiger partial charge >= 0.3 is 0 Å². The van der Waals surface area contributed by atoms with Crippen LogP contribution in [-0.2, 0) is 6.42 Å². The van der Waals surface area contributed by atoms with Gasteiger partial charge < -0.3 is 4.74 Å². The molecule has 0 amide bonds. The minimum Gasteiger partial charge on any atom is -0.486 e. The van der Waals surface area contributed by atoms with E-state index in [0.717, 1.165) is 17.9 Å². The molecule has 0 fully saturated rings. The van der Waals surface area contributed by atoms with E-state index < -0.39 is 0 Å². The summed E-state index contributed by atoms with van der Waals surface area (Å²) in [4.78, 5) is 4.26. The molecular weight excluding hydrogens is 162 g/mol. The first-order valence-electron chi connectivity index (χ1n) is 4.66. The zero-order valence-electron chi connectivity index (χ0n) is 8.79. The molecule has 1 heterocycles. The predicted molar refractivity (Wildman–Crippen MR) is 54.0 cm³/mol. The molecule has 0 aliphatic carbocycles. The van der Waals surface area contributed by atoms with Crippen LogP contribution in [0, 0.1) is 0 Å². The van der Waals surface area contributed by atoms with E-state index in [-0.39, 0.29) is 5.60 Å². The van der Waals surface area contributed by atoms with Gasteiger partial charge in [-0.2, -0.15) is 0 Å². The van der Waals surface area contributed by atoms with Gasteiger partial charge in [-0.05, 0) is 39.3 Å². The number of ether oxygens (including phenoxy) is 1. The highest BCUT2D eigenvalue weighted by molar-refractivity contribution is 5.27. The fourth-order valence-electron chi connectivity index (χ4n) is 1.11. The first-order valence-corrected chi connectivity index (χ1v) is 4.66. The van der Waals surface area contributed by atoms with Crippen LogP contribution in [0.3, 0.4) is 0 Å². The number of nitrogens with zero attached hydrogens (tertiary/aromatic N) is 1. The van der Waals surface area contributed by atoms with E-state index in [0.29, 0.717) is 0 Å². The molecule has 0 aliphatic heterocycles. The van der Waals surface area contributed by atoms with E-state index >= 15 is 0 Å². The summed E-state index contributed by atoms with van der Waals surface area (Å²) < 4.78 is 5.76. The van der Waals surface area contributed by atoms with Gasteiger partial charge in [0.2, 0.25) is 0 Å². The number of pyridine rings is 1. The summed E-state index contributed by atoms with van der Waals surface area (Å²) in [7, 11) is 0. The van der Waals surface area contributed by atoms with Crippen molar-refractivity contribution >= 4 is 0 Å². The van der Waals surface area contributed by atoms with Crippen molar-refractivity contribution in [2.45, 2.75) is 39.7 Å². The van der Waals surface area contributed by atoms with Crippen LogP contribution in [0.1, 0.15) is 33.4 Å². The average molecular weight is 179 g/mol. The smallest absolute Gasteiger partial charge is 0.141 e. The molecule has 0 spiro atoms. The van der Waals surface area contributed by atoms with Crippen LogP contribution in [0.2, 0.25) is 0 Å². The number of aryl methyl sites for hydroxylation is 1. The third kappa shape index (κ3) is 3.05. The number of aromatic nitrogens is 1. The molecule has 0 radical (unpaired) electrons. The summed E-state index contributed by atoms with van der Waals surface area (Å²) in [6.45, 7) is 8.20. The molecule has 0 bridgehead atoms. The van der Waals surface area contributed by atoms with Crippen molar-refractivity contribution < 1.29 is 4.74 Å². The fraction of sp³-hybridized carbons (Fsp3) is 0.545. The van der Waals surface area contributed by atoms with Crippen molar-refractivity contribution in [3.63, 3.8) is 0 Å². The lowest BCUT2D eigenvalue weighted by Crippen LogP contribution is -2.23.